The van der Waals surface area contributed by atoms with Gasteiger partial charge in [-0.25, -0.2) is 0 Å². The van der Waals surface area contributed by atoms with E-state index in [0.717, 1.165) is 23.5 Å². The lowest BCUT2D eigenvalue weighted by Crippen LogP contribution is -2.11. The molecule has 0 saturated heterocycles. The van der Waals surface area contributed by atoms with Crippen molar-refractivity contribution in [3.05, 3.63) is 72.3 Å². The van der Waals surface area contributed by atoms with E-state index in [1.54, 1.807) is 6.08 Å². The normalized spacial score (nSPS) is 9.85. The molecular formula is C17H18N2O. The van der Waals surface area contributed by atoms with E-state index >= 15 is 0 Å². The van der Waals surface area contributed by atoms with Gasteiger partial charge in [0.25, 0.3) is 5.91 Å². The third kappa shape index (κ3) is 3.72. The molecule has 0 unspecified atom stereocenters. The Bertz CT molecular complexity index is 603. The molecule has 0 bridgehead atoms. The summed E-state index contributed by atoms with van der Waals surface area (Å²) in [6, 6.07) is 15.1. The van der Waals surface area contributed by atoms with E-state index in [4.69, 9.17) is 0 Å². The summed E-state index contributed by atoms with van der Waals surface area (Å²) in [4.78, 5) is 12.1. The van der Waals surface area contributed by atoms with E-state index < -0.39 is 0 Å². The summed E-state index contributed by atoms with van der Waals surface area (Å²) in [6.45, 7) is 6.34. The summed E-state index contributed by atoms with van der Waals surface area (Å²) in [6.07, 6.45) is 1.80. The zero-order valence-electron chi connectivity index (χ0n) is 11.5. The number of hydrogen-bond donors (Lipinski definition) is 2. The Morgan fingerprint density at radius 3 is 2.50 bits per heavy atom. The fraction of sp³-hybridized carbons (Fsp3) is 0.118. The van der Waals surface area contributed by atoms with E-state index in [0.29, 0.717) is 5.56 Å². The Morgan fingerprint density at radius 2 is 1.85 bits per heavy atom. The van der Waals surface area contributed by atoms with Crippen LogP contribution in [0.1, 0.15) is 15.9 Å². The molecule has 0 aromatic heterocycles. The highest BCUT2D eigenvalue weighted by Crippen LogP contribution is 2.15. The molecule has 0 aliphatic rings. The van der Waals surface area contributed by atoms with Crippen LogP contribution in [0.25, 0.3) is 0 Å². The highest BCUT2D eigenvalue weighted by Gasteiger charge is 2.05. The Morgan fingerprint density at radius 1 is 1.15 bits per heavy atom. The van der Waals surface area contributed by atoms with Gasteiger partial charge in [0, 0.05) is 23.5 Å². The minimum Gasteiger partial charge on any atom is -0.382 e. The van der Waals surface area contributed by atoms with Crippen molar-refractivity contribution in [3.63, 3.8) is 0 Å². The second-order valence-corrected chi connectivity index (χ2v) is 4.57. The maximum atomic E-state index is 12.1. The zero-order chi connectivity index (χ0) is 14.4. The van der Waals surface area contributed by atoms with E-state index in [2.05, 4.69) is 17.2 Å². The Labute approximate surface area is 119 Å². The average molecular weight is 266 g/mol. The lowest BCUT2D eigenvalue weighted by atomic mass is 10.1. The largest absolute Gasteiger partial charge is 0.382 e. The molecule has 0 atom stereocenters. The van der Waals surface area contributed by atoms with Crippen molar-refractivity contribution in [2.24, 2.45) is 0 Å². The second kappa shape index (κ2) is 6.57. The van der Waals surface area contributed by atoms with Gasteiger partial charge in [-0.15, -0.1) is 6.58 Å². The highest BCUT2D eigenvalue weighted by molar-refractivity contribution is 6.04. The molecular weight excluding hydrogens is 248 g/mol. The van der Waals surface area contributed by atoms with Gasteiger partial charge in [-0.3, -0.25) is 4.79 Å². The molecule has 102 valence electrons. The van der Waals surface area contributed by atoms with Gasteiger partial charge in [-0.1, -0.05) is 23.8 Å². The first-order chi connectivity index (χ1) is 9.69. The summed E-state index contributed by atoms with van der Waals surface area (Å²) in [5.74, 6) is -0.0968. The summed E-state index contributed by atoms with van der Waals surface area (Å²) in [5, 5.41) is 6.07. The predicted molar refractivity (Wildman–Crippen MR) is 84.3 cm³/mol. The van der Waals surface area contributed by atoms with Gasteiger partial charge in [0.1, 0.15) is 0 Å². The molecule has 20 heavy (non-hydrogen) atoms. The summed E-state index contributed by atoms with van der Waals surface area (Å²) in [7, 11) is 0. The van der Waals surface area contributed by atoms with E-state index in [1.165, 1.54) is 0 Å². The first kappa shape index (κ1) is 13.9. The number of carbonyl (C=O) groups excluding carboxylic acids is 1. The Balaban J connectivity index is 2.02. The van der Waals surface area contributed by atoms with Crippen molar-refractivity contribution < 1.29 is 4.79 Å². The van der Waals surface area contributed by atoms with Gasteiger partial charge in [0.15, 0.2) is 0 Å². The van der Waals surface area contributed by atoms with Gasteiger partial charge in [0.2, 0.25) is 0 Å². The van der Waals surface area contributed by atoms with Crippen molar-refractivity contribution in [1.82, 2.24) is 0 Å². The minimum atomic E-state index is -0.0968. The molecule has 0 heterocycles. The van der Waals surface area contributed by atoms with E-state index in [9.17, 15) is 4.79 Å². The van der Waals surface area contributed by atoms with Gasteiger partial charge < -0.3 is 10.6 Å². The molecule has 2 rings (SSSR count). The number of hydrogen-bond acceptors (Lipinski definition) is 2. The third-order valence-corrected chi connectivity index (χ3v) is 2.87. The predicted octanol–water partition coefficient (Wildman–Crippen LogP) is 3.85. The van der Waals surface area contributed by atoms with Crippen LogP contribution in [0.3, 0.4) is 0 Å². The zero-order valence-corrected chi connectivity index (χ0v) is 11.5. The molecule has 0 aliphatic carbocycles. The summed E-state index contributed by atoms with van der Waals surface area (Å²) < 4.78 is 0. The molecule has 3 nitrogen and oxygen atoms in total. The number of aryl methyl sites for hydroxylation is 1. The standard InChI is InChI=1S/C17H18N2O/c1-3-11-18-15-7-9-16(10-8-15)19-17(20)14-6-4-5-13(2)12-14/h3-10,12,18H,1,11H2,2H3,(H,19,20). The highest BCUT2D eigenvalue weighted by atomic mass is 16.1. The Hall–Kier alpha value is -2.55. The van der Waals surface area contributed by atoms with Crippen molar-refractivity contribution in [2.75, 3.05) is 17.2 Å². The molecule has 2 aromatic carbocycles. The number of nitrogens with one attached hydrogen (secondary N) is 2. The molecule has 3 heteroatoms. The van der Waals surface area contributed by atoms with Crippen LogP contribution in [0.5, 0.6) is 0 Å². The van der Waals surface area contributed by atoms with Crippen molar-refractivity contribution in [3.8, 4) is 0 Å². The van der Waals surface area contributed by atoms with Crippen molar-refractivity contribution in [2.45, 2.75) is 6.92 Å². The number of benzene rings is 2. The second-order valence-electron chi connectivity index (χ2n) is 4.57. The molecule has 1 amide bonds. The van der Waals surface area contributed by atoms with Crippen LogP contribution < -0.4 is 10.6 Å². The van der Waals surface area contributed by atoms with Crippen molar-refractivity contribution >= 4 is 17.3 Å². The first-order valence-electron chi connectivity index (χ1n) is 6.52. The van der Waals surface area contributed by atoms with Gasteiger partial charge in [-0.2, -0.15) is 0 Å². The lowest BCUT2D eigenvalue weighted by molar-refractivity contribution is 0.102. The smallest absolute Gasteiger partial charge is 0.255 e. The molecule has 0 fully saturated rings. The fourth-order valence-electron chi connectivity index (χ4n) is 1.85. The van der Waals surface area contributed by atoms with E-state index in [1.807, 2.05) is 55.5 Å². The van der Waals surface area contributed by atoms with Gasteiger partial charge in [0.05, 0.1) is 0 Å². The fourth-order valence-corrected chi connectivity index (χ4v) is 1.85. The number of amides is 1. The summed E-state index contributed by atoms with van der Waals surface area (Å²) >= 11 is 0. The molecule has 2 N–H and O–H groups in total. The van der Waals surface area contributed by atoms with Crippen LogP contribution in [0.2, 0.25) is 0 Å². The minimum absolute atomic E-state index is 0.0968. The third-order valence-electron chi connectivity index (χ3n) is 2.87. The number of carbonyl (C=O) groups is 1. The monoisotopic (exact) mass is 266 g/mol. The van der Waals surface area contributed by atoms with Crippen LogP contribution in [-0.4, -0.2) is 12.5 Å². The number of anilines is 2. The molecule has 0 radical (unpaired) electrons. The molecule has 0 aliphatic heterocycles. The Kier molecular flexibility index (Phi) is 4.56. The van der Waals surface area contributed by atoms with Crippen LogP contribution in [0, 0.1) is 6.92 Å². The van der Waals surface area contributed by atoms with Gasteiger partial charge >= 0.3 is 0 Å². The first-order valence-corrected chi connectivity index (χ1v) is 6.52. The molecule has 0 saturated carbocycles. The maximum Gasteiger partial charge on any atom is 0.255 e. The van der Waals surface area contributed by atoms with Crippen LogP contribution in [-0.2, 0) is 0 Å². The summed E-state index contributed by atoms with van der Waals surface area (Å²) in [5.41, 5.74) is 3.51. The number of rotatable bonds is 5. The lowest BCUT2D eigenvalue weighted by Gasteiger charge is -2.08. The van der Waals surface area contributed by atoms with Crippen LogP contribution >= 0.6 is 0 Å². The topological polar surface area (TPSA) is 41.1 Å². The van der Waals surface area contributed by atoms with Crippen molar-refractivity contribution in [1.29, 1.82) is 0 Å². The quantitative estimate of drug-likeness (QED) is 0.807. The van der Waals surface area contributed by atoms with E-state index in [-0.39, 0.29) is 5.91 Å². The SMILES string of the molecule is C=CCNc1ccc(NC(=O)c2cccc(C)c2)cc1. The average Bonchev–Trinajstić information content (AvgIpc) is 2.46. The molecule has 0 spiro atoms. The van der Waals surface area contributed by atoms with Crippen LogP contribution in [0.4, 0.5) is 11.4 Å². The maximum absolute atomic E-state index is 12.1. The molecule has 2 aromatic rings. The van der Waals surface area contributed by atoms with Gasteiger partial charge in [-0.05, 0) is 43.3 Å². The van der Waals surface area contributed by atoms with Crippen LogP contribution in [0.15, 0.2) is 61.2 Å².